The first-order valence-corrected chi connectivity index (χ1v) is 15.2. The van der Waals surface area contributed by atoms with Gasteiger partial charge in [0.1, 0.15) is 0 Å². The van der Waals surface area contributed by atoms with Gasteiger partial charge in [0.2, 0.25) is 0 Å². The summed E-state index contributed by atoms with van der Waals surface area (Å²) in [6.45, 7) is 34.7. The third-order valence-electron chi connectivity index (χ3n) is 13.9. The van der Waals surface area contributed by atoms with Crippen LogP contribution in [-0.2, 0) is 0 Å². The van der Waals surface area contributed by atoms with Gasteiger partial charge in [-0.3, -0.25) is 0 Å². The highest BCUT2D eigenvalue weighted by molar-refractivity contribution is 5.90. The molecule has 8 rings (SSSR count). The van der Waals surface area contributed by atoms with Crippen molar-refractivity contribution in [1.29, 1.82) is 0 Å². The summed E-state index contributed by atoms with van der Waals surface area (Å²) in [6.07, 6.45) is 0. The molecule has 0 aromatic rings. The van der Waals surface area contributed by atoms with Crippen molar-refractivity contribution in [2.45, 2.75) is 96.9 Å². The van der Waals surface area contributed by atoms with Crippen molar-refractivity contribution in [2.24, 2.45) is 28.1 Å². The van der Waals surface area contributed by atoms with Gasteiger partial charge >= 0.3 is 0 Å². The molecule has 0 heterocycles. The highest BCUT2D eigenvalue weighted by atomic mass is 14.7. The van der Waals surface area contributed by atoms with Crippen molar-refractivity contribution in [2.75, 3.05) is 0 Å². The van der Waals surface area contributed by atoms with Crippen molar-refractivity contribution < 1.29 is 0 Å². The molecule has 0 nitrogen and oxygen atoms in total. The Bertz CT molecular complexity index is 1810. The van der Waals surface area contributed by atoms with Crippen LogP contribution in [0.1, 0.15) is 96.9 Å². The van der Waals surface area contributed by atoms with E-state index in [2.05, 4.69) is 96.9 Å². The lowest BCUT2D eigenvalue weighted by molar-refractivity contribution is 0.220. The van der Waals surface area contributed by atoms with E-state index in [1.165, 1.54) is 11.1 Å². The molecule has 0 fully saturated rings. The maximum Gasteiger partial charge on any atom is 0.0439 e. The molecule has 0 N–H and O–H groups in total. The largest absolute Gasteiger partial charge is 0.0550 e. The third-order valence-corrected chi connectivity index (χ3v) is 13.9. The Morgan fingerprint density at radius 2 is 0.769 bits per heavy atom. The minimum atomic E-state index is -0.0508. The summed E-state index contributed by atoms with van der Waals surface area (Å²) >= 11 is 0. The lowest BCUT2D eigenvalue weighted by Crippen LogP contribution is -2.52. The van der Waals surface area contributed by atoms with Crippen LogP contribution in [0, 0.1) is 28.1 Å². The molecule has 39 heavy (non-hydrogen) atoms. The molecule has 0 saturated heterocycles. The van der Waals surface area contributed by atoms with Crippen molar-refractivity contribution in [1.82, 2.24) is 0 Å². The van der Waals surface area contributed by atoms with Gasteiger partial charge in [-0.25, -0.2) is 0 Å². The Hall–Kier alpha value is -2.60. The van der Waals surface area contributed by atoms with Gasteiger partial charge in [0.25, 0.3) is 0 Å². The lowest BCUT2D eigenvalue weighted by atomic mass is 9.41. The molecule has 0 bridgehead atoms. The number of hydrogen-bond acceptors (Lipinski definition) is 0. The van der Waals surface area contributed by atoms with Crippen LogP contribution in [0.2, 0.25) is 0 Å². The molecule has 3 atom stereocenters. The molecule has 1 spiro atoms. The maximum atomic E-state index is 2.56. The quantitative estimate of drug-likeness (QED) is 0.303. The fourth-order valence-electron chi connectivity index (χ4n) is 11.6. The second-order valence-electron chi connectivity index (χ2n) is 15.1. The molecule has 0 radical (unpaired) electrons. The maximum absolute atomic E-state index is 2.56. The van der Waals surface area contributed by atoms with Gasteiger partial charge in [0.05, 0.1) is 0 Å². The van der Waals surface area contributed by atoms with E-state index in [4.69, 9.17) is 0 Å². The molecule has 0 aromatic carbocycles. The van der Waals surface area contributed by atoms with Gasteiger partial charge < -0.3 is 0 Å². The minimum absolute atomic E-state index is 0.0508. The number of allylic oxidation sites excluding steroid dienone is 20. The average Bonchev–Trinajstić information content (AvgIpc) is 3.44. The molecular weight excluding hydrogens is 468 g/mol. The van der Waals surface area contributed by atoms with Gasteiger partial charge in [-0.05, 0) is 192 Å². The molecule has 0 amide bonds. The summed E-state index contributed by atoms with van der Waals surface area (Å²) in [5.41, 5.74) is 32.2. The van der Waals surface area contributed by atoms with E-state index in [1.54, 1.807) is 100 Å². The van der Waals surface area contributed by atoms with Gasteiger partial charge in [0.15, 0.2) is 0 Å². The standard InChI is InChI=1S/C39H44/c1-15-16(2)26-22(8)28-18(4)20(6)30-24(10)32-36-31(37(11,12)38(32,13)14)23(9)29-19(5)17(3)27-21(7)25(15)33(26)39(36,34(27)29)35(28)30/h34-35H,1-14H3/t34-,35?,39?/m1/s1. The molecule has 0 aromatic heterocycles. The molecule has 0 heteroatoms. The van der Waals surface area contributed by atoms with Crippen LogP contribution in [0.25, 0.3) is 0 Å². The fourth-order valence-corrected chi connectivity index (χ4v) is 11.6. The Labute approximate surface area is 236 Å². The van der Waals surface area contributed by atoms with Crippen LogP contribution < -0.4 is 0 Å². The predicted octanol–water partition coefficient (Wildman–Crippen LogP) is 10.5. The van der Waals surface area contributed by atoms with Crippen LogP contribution in [0.15, 0.2) is 111 Å². The topological polar surface area (TPSA) is 0 Å². The first-order chi connectivity index (χ1) is 18.1. The van der Waals surface area contributed by atoms with E-state index in [0.29, 0.717) is 11.8 Å². The summed E-state index contributed by atoms with van der Waals surface area (Å²) in [7, 11) is 0. The van der Waals surface area contributed by atoms with Gasteiger partial charge in [-0.1, -0.05) is 27.7 Å². The van der Waals surface area contributed by atoms with Crippen molar-refractivity contribution >= 4 is 0 Å². The van der Waals surface area contributed by atoms with Gasteiger partial charge in [0, 0.05) is 17.3 Å². The Kier molecular flexibility index (Phi) is 3.93. The SMILES string of the molecule is CC1=C(C)C2=C3C1=C(C)C1=C(C)C(C)=C4C(C)=C5C6=C(C(C)=C7C(C)=C(C)C(=C2C)C7C36[C@H]14)C(C)(C)C5(C)C. The van der Waals surface area contributed by atoms with E-state index >= 15 is 0 Å². The zero-order chi connectivity index (χ0) is 28.2. The smallest absolute Gasteiger partial charge is 0.0439 e. The van der Waals surface area contributed by atoms with E-state index in [0.717, 1.165) is 0 Å². The summed E-state index contributed by atoms with van der Waals surface area (Å²) in [5, 5.41) is 0. The molecule has 0 saturated carbocycles. The van der Waals surface area contributed by atoms with Crippen LogP contribution in [-0.4, -0.2) is 0 Å². The normalized spacial score (nSPS) is 34.9. The van der Waals surface area contributed by atoms with Crippen LogP contribution in [0.3, 0.4) is 0 Å². The zero-order valence-electron chi connectivity index (χ0n) is 26.7. The van der Waals surface area contributed by atoms with Gasteiger partial charge in [-0.2, -0.15) is 0 Å². The molecule has 2 unspecified atom stereocenters. The summed E-state index contributed by atoms with van der Waals surface area (Å²) < 4.78 is 0. The van der Waals surface area contributed by atoms with Crippen LogP contribution in [0.4, 0.5) is 0 Å². The first-order valence-electron chi connectivity index (χ1n) is 15.2. The van der Waals surface area contributed by atoms with Crippen molar-refractivity contribution in [3.63, 3.8) is 0 Å². The minimum Gasteiger partial charge on any atom is -0.0550 e. The molecule has 200 valence electrons. The first kappa shape index (κ1) is 24.2. The second-order valence-corrected chi connectivity index (χ2v) is 15.1. The van der Waals surface area contributed by atoms with Crippen LogP contribution >= 0.6 is 0 Å². The Morgan fingerprint density at radius 3 is 1.33 bits per heavy atom. The molecule has 8 aliphatic carbocycles. The monoisotopic (exact) mass is 512 g/mol. The summed E-state index contributed by atoms with van der Waals surface area (Å²) in [6, 6.07) is 0. The Balaban J connectivity index is 1.72. The predicted molar refractivity (Wildman–Crippen MR) is 164 cm³/mol. The summed E-state index contributed by atoms with van der Waals surface area (Å²) in [5.74, 6) is 0.830. The summed E-state index contributed by atoms with van der Waals surface area (Å²) in [4.78, 5) is 0. The average molecular weight is 513 g/mol. The van der Waals surface area contributed by atoms with Crippen LogP contribution in [0.5, 0.6) is 0 Å². The number of rotatable bonds is 0. The molecular formula is C39H44. The second kappa shape index (κ2) is 6.32. The highest BCUT2D eigenvalue weighted by Crippen LogP contribution is 2.82. The van der Waals surface area contributed by atoms with Crippen molar-refractivity contribution in [3.05, 3.63) is 111 Å². The lowest BCUT2D eigenvalue weighted by Gasteiger charge is -2.60. The Morgan fingerprint density at radius 1 is 0.333 bits per heavy atom. The van der Waals surface area contributed by atoms with E-state index < -0.39 is 0 Å². The fraction of sp³-hybridized carbons (Fsp3) is 0.487. The molecule has 0 aliphatic heterocycles. The highest BCUT2D eigenvalue weighted by Gasteiger charge is 2.72. The van der Waals surface area contributed by atoms with E-state index in [1.807, 2.05) is 0 Å². The number of hydrogen-bond donors (Lipinski definition) is 0. The zero-order valence-corrected chi connectivity index (χ0v) is 26.7. The van der Waals surface area contributed by atoms with Gasteiger partial charge in [-0.15, -0.1) is 0 Å². The molecule has 8 aliphatic rings. The third kappa shape index (κ3) is 1.95. The van der Waals surface area contributed by atoms with E-state index in [-0.39, 0.29) is 16.2 Å². The van der Waals surface area contributed by atoms with E-state index in [9.17, 15) is 0 Å². The van der Waals surface area contributed by atoms with Crippen molar-refractivity contribution in [3.8, 4) is 0 Å².